The van der Waals surface area contributed by atoms with Gasteiger partial charge in [-0.2, -0.15) is 5.26 Å². The van der Waals surface area contributed by atoms with Crippen molar-refractivity contribution in [3.05, 3.63) is 81.0 Å². The van der Waals surface area contributed by atoms with Gasteiger partial charge in [-0.15, -0.1) is 0 Å². The fraction of sp³-hybridized carbons (Fsp3) is 0.130. The number of aryl methyl sites for hydroxylation is 3. The molecule has 0 aliphatic carbocycles. The summed E-state index contributed by atoms with van der Waals surface area (Å²) in [5.41, 5.74) is 4.75. The third kappa shape index (κ3) is 4.59. The van der Waals surface area contributed by atoms with Crippen LogP contribution < -0.4 is 5.32 Å². The molecular weight excluding hydrogens is 416 g/mol. The Morgan fingerprint density at radius 1 is 1.04 bits per heavy atom. The van der Waals surface area contributed by atoms with Gasteiger partial charge in [0.05, 0.1) is 0 Å². The lowest BCUT2D eigenvalue weighted by Gasteiger charge is -2.06. The molecule has 0 saturated heterocycles. The Labute approximate surface area is 172 Å². The maximum atomic E-state index is 12.5. The SMILES string of the molecule is Cc1cc(C)cc(NC(=O)/C(C#N)=C\c2ccc(-c3ccc(C)cc3Br)o2)c1. The molecule has 0 unspecified atom stereocenters. The average molecular weight is 435 g/mol. The molecule has 0 saturated carbocycles. The number of nitrogens with zero attached hydrogens (tertiary/aromatic N) is 1. The number of nitriles is 1. The molecule has 140 valence electrons. The van der Waals surface area contributed by atoms with E-state index in [1.54, 1.807) is 6.07 Å². The normalized spacial score (nSPS) is 11.2. The van der Waals surface area contributed by atoms with E-state index in [-0.39, 0.29) is 5.57 Å². The van der Waals surface area contributed by atoms with E-state index >= 15 is 0 Å². The molecule has 0 aliphatic rings. The minimum absolute atomic E-state index is 0.0250. The van der Waals surface area contributed by atoms with Gasteiger partial charge < -0.3 is 9.73 Å². The molecular formula is C23H19BrN2O2. The number of nitrogens with one attached hydrogen (secondary N) is 1. The lowest BCUT2D eigenvalue weighted by molar-refractivity contribution is -0.112. The Morgan fingerprint density at radius 3 is 2.39 bits per heavy atom. The molecule has 0 fully saturated rings. The summed E-state index contributed by atoms with van der Waals surface area (Å²) in [5, 5.41) is 12.2. The second-order valence-electron chi connectivity index (χ2n) is 6.69. The maximum absolute atomic E-state index is 12.5. The van der Waals surface area contributed by atoms with Crippen molar-refractivity contribution in [2.75, 3.05) is 5.32 Å². The Hall–Kier alpha value is -3.10. The summed E-state index contributed by atoms with van der Waals surface area (Å²) in [7, 11) is 0. The molecule has 2 aromatic carbocycles. The molecule has 1 amide bonds. The summed E-state index contributed by atoms with van der Waals surface area (Å²) in [5.74, 6) is 0.627. The number of amides is 1. The molecule has 1 aromatic heterocycles. The molecule has 1 heterocycles. The topological polar surface area (TPSA) is 66.0 Å². The molecule has 0 aliphatic heterocycles. The molecule has 3 aromatic rings. The molecule has 0 spiro atoms. The highest BCUT2D eigenvalue weighted by molar-refractivity contribution is 9.10. The summed E-state index contributed by atoms with van der Waals surface area (Å²) >= 11 is 3.54. The third-order valence-electron chi connectivity index (χ3n) is 4.15. The second kappa shape index (κ2) is 8.28. The highest BCUT2D eigenvalue weighted by Crippen LogP contribution is 2.31. The predicted octanol–water partition coefficient (Wildman–Crippen LogP) is 6.18. The zero-order valence-corrected chi connectivity index (χ0v) is 17.4. The number of carbonyl (C=O) groups is 1. The Morgan fingerprint density at radius 2 is 1.75 bits per heavy atom. The van der Waals surface area contributed by atoms with Crippen LogP contribution in [0.25, 0.3) is 17.4 Å². The van der Waals surface area contributed by atoms with Crippen LogP contribution in [0, 0.1) is 32.1 Å². The van der Waals surface area contributed by atoms with E-state index in [0.717, 1.165) is 26.7 Å². The summed E-state index contributed by atoms with van der Waals surface area (Å²) in [6, 6.07) is 17.2. The lowest BCUT2D eigenvalue weighted by Crippen LogP contribution is -2.13. The van der Waals surface area contributed by atoms with E-state index < -0.39 is 5.91 Å². The predicted molar refractivity (Wildman–Crippen MR) is 115 cm³/mol. The number of halogens is 1. The van der Waals surface area contributed by atoms with Gasteiger partial charge in [0.25, 0.3) is 5.91 Å². The van der Waals surface area contributed by atoms with E-state index in [4.69, 9.17) is 4.42 Å². The van der Waals surface area contributed by atoms with Crippen molar-refractivity contribution in [2.45, 2.75) is 20.8 Å². The van der Waals surface area contributed by atoms with Crippen LogP contribution in [0.15, 0.2) is 63.0 Å². The van der Waals surface area contributed by atoms with Crippen molar-refractivity contribution in [1.82, 2.24) is 0 Å². The van der Waals surface area contributed by atoms with Crippen molar-refractivity contribution in [3.8, 4) is 17.4 Å². The highest BCUT2D eigenvalue weighted by atomic mass is 79.9. The number of rotatable bonds is 4. The third-order valence-corrected chi connectivity index (χ3v) is 4.80. The van der Waals surface area contributed by atoms with Crippen LogP contribution in [-0.2, 0) is 4.79 Å². The van der Waals surface area contributed by atoms with Crippen molar-refractivity contribution in [1.29, 1.82) is 5.26 Å². The van der Waals surface area contributed by atoms with Crippen LogP contribution in [0.4, 0.5) is 5.69 Å². The second-order valence-corrected chi connectivity index (χ2v) is 7.54. The minimum Gasteiger partial charge on any atom is -0.457 e. The van der Waals surface area contributed by atoms with Gasteiger partial charge in [-0.05, 0) is 73.9 Å². The zero-order valence-electron chi connectivity index (χ0n) is 15.8. The van der Waals surface area contributed by atoms with Crippen molar-refractivity contribution in [2.24, 2.45) is 0 Å². The summed E-state index contributed by atoms with van der Waals surface area (Å²) in [6.07, 6.45) is 1.45. The number of hydrogen-bond donors (Lipinski definition) is 1. The van der Waals surface area contributed by atoms with Gasteiger partial charge in [-0.25, -0.2) is 0 Å². The van der Waals surface area contributed by atoms with Gasteiger partial charge in [0.2, 0.25) is 0 Å². The smallest absolute Gasteiger partial charge is 0.266 e. The largest absolute Gasteiger partial charge is 0.457 e. The highest BCUT2D eigenvalue weighted by Gasteiger charge is 2.13. The number of carbonyl (C=O) groups excluding carboxylic acids is 1. The van der Waals surface area contributed by atoms with Crippen molar-refractivity contribution in [3.63, 3.8) is 0 Å². The first-order valence-electron chi connectivity index (χ1n) is 8.73. The molecule has 4 nitrogen and oxygen atoms in total. The molecule has 0 bridgehead atoms. The zero-order chi connectivity index (χ0) is 20.3. The van der Waals surface area contributed by atoms with Gasteiger partial charge in [0, 0.05) is 21.8 Å². The van der Waals surface area contributed by atoms with Crippen LogP contribution in [0.2, 0.25) is 0 Å². The van der Waals surface area contributed by atoms with Crippen molar-refractivity contribution >= 4 is 33.6 Å². The number of furan rings is 1. The van der Waals surface area contributed by atoms with E-state index in [1.165, 1.54) is 6.08 Å². The van der Waals surface area contributed by atoms with Gasteiger partial charge >= 0.3 is 0 Å². The fourth-order valence-electron chi connectivity index (χ4n) is 2.93. The lowest BCUT2D eigenvalue weighted by atomic mass is 10.1. The van der Waals surface area contributed by atoms with Crippen LogP contribution in [0.3, 0.4) is 0 Å². The molecule has 0 radical (unpaired) electrons. The van der Waals surface area contributed by atoms with Crippen molar-refractivity contribution < 1.29 is 9.21 Å². The maximum Gasteiger partial charge on any atom is 0.266 e. The molecule has 3 rings (SSSR count). The van der Waals surface area contributed by atoms with Crippen LogP contribution in [0.1, 0.15) is 22.5 Å². The van der Waals surface area contributed by atoms with Crippen LogP contribution in [-0.4, -0.2) is 5.91 Å². The average Bonchev–Trinajstić information content (AvgIpc) is 3.07. The fourth-order valence-corrected chi connectivity index (χ4v) is 3.62. The first kappa shape index (κ1) is 19.7. The molecule has 28 heavy (non-hydrogen) atoms. The van der Waals surface area contributed by atoms with E-state index in [0.29, 0.717) is 17.2 Å². The van der Waals surface area contributed by atoms with Gasteiger partial charge in [0.15, 0.2) is 0 Å². The van der Waals surface area contributed by atoms with Crippen LogP contribution >= 0.6 is 15.9 Å². The minimum atomic E-state index is -0.470. The Bertz CT molecular complexity index is 1100. The number of benzene rings is 2. The van der Waals surface area contributed by atoms with E-state index in [9.17, 15) is 10.1 Å². The molecule has 5 heteroatoms. The van der Waals surface area contributed by atoms with Gasteiger partial charge in [0.1, 0.15) is 23.2 Å². The number of hydrogen-bond acceptors (Lipinski definition) is 3. The summed E-state index contributed by atoms with van der Waals surface area (Å²) in [4.78, 5) is 12.5. The summed E-state index contributed by atoms with van der Waals surface area (Å²) < 4.78 is 6.75. The molecule has 1 N–H and O–H groups in total. The first-order valence-corrected chi connectivity index (χ1v) is 9.53. The molecule has 0 atom stereocenters. The monoisotopic (exact) mass is 434 g/mol. The quantitative estimate of drug-likeness (QED) is 0.393. The van der Waals surface area contributed by atoms with Crippen LogP contribution in [0.5, 0.6) is 0 Å². The van der Waals surface area contributed by atoms with E-state index in [2.05, 4.69) is 21.2 Å². The van der Waals surface area contributed by atoms with Gasteiger partial charge in [-0.3, -0.25) is 4.79 Å². The number of anilines is 1. The Balaban J connectivity index is 1.84. The first-order chi connectivity index (χ1) is 13.4. The summed E-state index contributed by atoms with van der Waals surface area (Å²) in [6.45, 7) is 5.92. The standard InChI is InChI=1S/C23H19BrN2O2/c1-14-4-6-20(21(24)11-14)22-7-5-19(28-22)12-17(13-25)23(27)26-18-9-15(2)8-16(3)10-18/h4-12H,1-3H3,(H,26,27)/b17-12-. The van der Waals surface area contributed by atoms with E-state index in [1.807, 2.05) is 69.3 Å². The Kier molecular flexibility index (Phi) is 5.81. The van der Waals surface area contributed by atoms with Gasteiger partial charge in [-0.1, -0.05) is 28.1 Å².